The van der Waals surface area contributed by atoms with Crippen LogP contribution < -0.4 is 0 Å². The Labute approximate surface area is 92.3 Å². The highest BCUT2D eigenvalue weighted by molar-refractivity contribution is 5.77. The lowest BCUT2D eigenvalue weighted by atomic mass is 10.0. The van der Waals surface area contributed by atoms with Crippen LogP contribution in [0.1, 0.15) is 24.2 Å². The van der Waals surface area contributed by atoms with Crippen LogP contribution in [0.5, 0.6) is 5.75 Å². The molecule has 0 heterocycles. The highest BCUT2D eigenvalue weighted by atomic mass is 19.1. The van der Waals surface area contributed by atoms with E-state index in [1.54, 1.807) is 6.92 Å². The van der Waals surface area contributed by atoms with E-state index in [9.17, 15) is 19.4 Å². The molecule has 2 N–H and O–H groups in total. The number of benzene rings is 1. The third kappa shape index (κ3) is 2.30. The quantitative estimate of drug-likeness (QED) is 0.768. The fourth-order valence-electron chi connectivity index (χ4n) is 1.29. The van der Waals surface area contributed by atoms with Crippen molar-refractivity contribution in [3.63, 3.8) is 0 Å². The van der Waals surface area contributed by atoms with Gasteiger partial charge in [-0.05, 0) is 25.5 Å². The lowest BCUT2D eigenvalue weighted by Gasteiger charge is -2.13. The van der Waals surface area contributed by atoms with E-state index in [1.807, 2.05) is 0 Å². The van der Waals surface area contributed by atoms with Crippen LogP contribution in [-0.4, -0.2) is 22.8 Å². The molecule has 1 unspecified atom stereocenters. The minimum atomic E-state index is -1.81. The van der Waals surface area contributed by atoms with Crippen LogP contribution in [0.25, 0.3) is 0 Å². The summed E-state index contributed by atoms with van der Waals surface area (Å²) in [4.78, 5) is 11.2. The van der Waals surface area contributed by atoms with Gasteiger partial charge in [-0.2, -0.15) is 0 Å². The number of phenolic OH excluding ortho intramolecular Hbond substituents is 1. The van der Waals surface area contributed by atoms with E-state index in [0.29, 0.717) is 0 Å². The van der Waals surface area contributed by atoms with Gasteiger partial charge in [-0.25, -0.2) is 9.18 Å². The van der Waals surface area contributed by atoms with Gasteiger partial charge in [-0.15, -0.1) is 0 Å². The smallest absolute Gasteiger partial charge is 0.339 e. The van der Waals surface area contributed by atoms with Gasteiger partial charge in [0.25, 0.3) is 0 Å². The van der Waals surface area contributed by atoms with E-state index in [1.165, 1.54) is 19.1 Å². The minimum Gasteiger partial charge on any atom is -0.507 e. The van der Waals surface area contributed by atoms with Crippen molar-refractivity contribution in [1.29, 1.82) is 0 Å². The zero-order valence-electron chi connectivity index (χ0n) is 9.03. The van der Waals surface area contributed by atoms with Crippen molar-refractivity contribution in [3.8, 4) is 5.75 Å². The molecule has 1 rings (SSSR count). The molecule has 1 aromatic carbocycles. The first-order chi connectivity index (χ1) is 7.49. The van der Waals surface area contributed by atoms with Gasteiger partial charge in [0.2, 0.25) is 0 Å². The number of hydrogen-bond donors (Lipinski definition) is 2. The molecule has 0 aliphatic heterocycles. The molecule has 1 atom stereocenters. The molecule has 0 amide bonds. The molecular weight excluding hydrogens is 215 g/mol. The summed E-state index contributed by atoms with van der Waals surface area (Å²) in [5.74, 6) is -2.26. The van der Waals surface area contributed by atoms with Crippen molar-refractivity contribution in [2.75, 3.05) is 6.61 Å². The summed E-state index contributed by atoms with van der Waals surface area (Å²) in [6, 6.07) is 2.57. The molecule has 1 aromatic rings. The second kappa shape index (κ2) is 4.94. The van der Waals surface area contributed by atoms with Gasteiger partial charge in [0.05, 0.1) is 12.2 Å². The number of rotatable bonds is 3. The van der Waals surface area contributed by atoms with Crippen LogP contribution in [0.15, 0.2) is 12.1 Å². The van der Waals surface area contributed by atoms with E-state index in [-0.39, 0.29) is 12.2 Å². The summed E-state index contributed by atoms with van der Waals surface area (Å²) in [6.07, 6.45) is -1.81. The summed E-state index contributed by atoms with van der Waals surface area (Å²) < 4.78 is 18.1. The van der Waals surface area contributed by atoms with E-state index in [2.05, 4.69) is 4.74 Å². The molecule has 0 radical (unpaired) electrons. The normalized spacial score (nSPS) is 12.2. The number of aliphatic hydroxyl groups excluding tert-OH is 1. The Bertz CT molecular complexity index is 403. The molecular formula is C11H13FO4. The second-order valence-corrected chi connectivity index (χ2v) is 3.28. The lowest BCUT2D eigenvalue weighted by molar-refractivity contribution is -0.153. The molecule has 16 heavy (non-hydrogen) atoms. The van der Waals surface area contributed by atoms with Crippen LogP contribution in [0.3, 0.4) is 0 Å². The molecule has 88 valence electrons. The van der Waals surface area contributed by atoms with Crippen LogP contribution >= 0.6 is 0 Å². The maximum absolute atomic E-state index is 13.6. The minimum absolute atomic E-state index is 0.0735. The first-order valence-corrected chi connectivity index (χ1v) is 4.81. The lowest BCUT2D eigenvalue weighted by Crippen LogP contribution is -2.17. The maximum atomic E-state index is 13.6. The standard InChI is InChI=1S/C11H13FO4/c1-3-16-11(15)10(14)8-7(13)5-4-6(2)9(8)12/h4-5,10,13-14H,3H2,1-2H3. The summed E-state index contributed by atoms with van der Waals surface area (Å²) in [7, 11) is 0. The summed E-state index contributed by atoms with van der Waals surface area (Å²) in [6.45, 7) is 3.11. The molecule has 4 nitrogen and oxygen atoms in total. The van der Waals surface area contributed by atoms with Gasteiger partial charge in [0.1, 0.15) is 11.6 Å². The maximum Gasteiger partial charge on any atom is 0.339 e. The molecule has 0 saturated heterocycles. The molecule has 0 aromatic heterocycles. The Balaban J connectivity index is 3.12. The SMILES string of the molecule is CCOC(=O)C(O)c1c(O)ccc(C)c1F. The van der Waals surface area contributed by atoms with Crippen LogP contribution in [0, 0.1) is 12.7 Å². The first-order valence-electron chi connectivity index (χ1n) is 4.81. The van der Waals surface area contributed by atoms with Crippen LogP contribution in [0.4, 0.5) is 4.39 Å². The number of aromatic hydroxyl groups is 1. The number of esters is 1. The van der Waals surface area contributed by atoms with Gasteiger partial charge in [-0.3, -0.25) is 0 Å². The topological polar surface area (TPSA) is 66.8 Å². The van der Waals surface area contributed by atoms with Gasteiger partial charge in [-0.1, -0.05) is 6.07 Å². The van der Waals surface area contributed by atoms with E-state index in [4.69, 9.17) is 0 Å². The molecule has 0 aliphatic carbocycles. The van der Waals surface area contributed by atoms with Gasteiger partial charge in [0.15, 0.2) is 6.10 Å². The van der Waals surface area contributed by atoms with Crippen molar-refractivity contribution in [1.82, 2.24) is 0 Å². The predicted octanol–water partition coefficient (Wildman–Crippen LogP) is 1.44. The van der Waals surface area contributed by atoms with Crippen LogP contribution in [-0.2, 0) is 9.53 Å². The number of halogens is 1. The number of carbonyl (C=O) groups is 1. The number of aryl methyl sites for hydroxylation is 1. The number of ether oxygens (including phenoxy) is 1. The monoisotopic (exact) mass is 228 g/mol. The molecule has 0 aliphatic rings. The zero-order valence-corrected chi connectivity index (χ0v) is 9.03. The Morgan fingerprint density at radius 2 is 2.19 bits per heavy atom. The molecule has 0 fully saturated rings. The van der Waals surface area contributed by atoms with Crippen molar-refractivity contribution < 1.29 is 24.1 Å². The summed E-state index contributed by atoms with van der Waals surface area (Å²) >= 11 is 0. The number of aliphatic hydroxyl groups is 1. The average Bonchev–Trinajstić information content (AvgIpc) is 2.24. The third-order valence-corrected chi connectivity index (χ3v) is 2.13. The fourth-order valence-corrected chi connectivity index (χ4v) is 1.29. The Hall–Kier alpha value is -1.62. The first kappa shape index (κ1) is 12.4. The Kier molecular flexibility index (Phi) is 3.84. The van der Waals surface area contributed by atoms with E-state index in [0.717, 1.165) is 0 Å². The van der Waals surface area contributed by atoms with Crippen LogP contribution in [0.2, 0.25) is 0 Å². The average molecular weight is 228 g/mol. The second-order valence-electron chi connectivity index (χ2n) is 3.28. The third-order valence-electron chi connectivity index (χ3n) is 2.13. The molecule has 5 heteroatoms. The van der Waals surface area contributed by atoms with Crippen molar-refractivity contribution in [3.05, 3.63) is 29.1 Å². The number of phenols is 1. The molecule has 0 bridgehead atoms. The van der Waals surface area contributed by atoms with E-state index < -0.39 is 29.2 Å². The highest BCUT2D eigenvalue weighted by Gasteiger charge is 2.26. The van der Waals surface area contributed by atoms with Gasteiger partial charge < -0.3 is 14.9 Å². The predicted molar refractivity (Wildman–Crippen MR) is 54.4 cm³/mol. The summed E-state index contributed by atoms with van der Waals surface area (Å²) in [5.41, 5.74) is -0.213. The van der Waals surface area contributed by atoms with Crippen molar-refractivity contribution >= 4 is 5.97 Å². The van der Waals surface area contributed by atoms with Crippen molar-refractivity contribution in [2.24, 2.45) is 0 Å². The summed E-state index contributed by atoms with van der Waals surface area (Å²) in [5, 5.41) is 18.9. The highest BCUT2D eigenvalue weighted by Crippen LogP contribution is 2.29. The fraction of sp³-hybridized carbons (Fsp3) is 0.364. The number of hydrogen-bond acceptors (Lipinski definition) is 4. The molecule has 0 saturated carbocycles. The van der Waals surface area contributed by atoms with Gasteiger partial charge in [0, 0.05) is 0 Å². The Morgan fingerprint density at radius 1 is 1.56 bits per heavy atom. The van der Waals surface area contributed by atoms with Gasteiger partial charge >= 0.3 is 5.97 Å². The number of carbonyl (C=O) groups excluding carboxylic acids is 1. The largest absolute Gasteiger partial charge is 0.507 e. The molecule has 0 spiro atoms. The van der Waals surface area contributed by atoms with Crippen molar-refractivity contribution in [2.45, 2.75) is 20.0 Å². The zero-order chi connectivity index (χ0) is 12.3. The van der Waals surface area contributed by atoms with E-state index >= 15 is 0 Å². The Morgan fingerprint density at radius 3 is 2.75 bits per heavy atom.